The highest BCUT2D eigenvalue weighted by atomic mass is 19.2. The van der Waals surface area contributed by atoms with Crippen molar-refractivity contribution in [2.45, 2.75) is 71.6 Å². The molecule has 2 aliphatic rings. The molecule has 2 aliphatic carbocycles. The van der Waals surface area contributed by atoms with Crippen LogP contribution >= 0.6 is 0 Å². The van der Waals surface area contributed by atoms with Crippen LogP contribution in [-0.4, -0.2) is 13.2 Å². The molecular weight excluding hydrogens is 456 g/mol. The van der Waals surface area contributed by atoms with Gasteiger partial charge in [0.05, 0.1) is 13.2 Å². The van der Waals surface area contributed by atoms with Crippen LogP contribution < -0.4 is 9.47 Å². The molecule has 0 heterocycles. The van der Waals surface area contributed by atoms with E-state index in [0.717, 1.165) is 18.3 Å². The van der Waals surface area contributed by atoms with Crippen LogP contribution in [0.15, 0.2) is 24.3 Å². The van der Waals surface area contributed by atoms with Crippen LogP contribution in [0.5, 0.6) is 11.5 Å². The Morgan fingerprint density at radius 3 is 1.83 bits per heavy atom. The van der Waals surface area contributed by atoms with Gasteiger partial charge in [0.1, 0.15) is 0 Å². The van der Waals surface area contributed by atoms with Crippen molar-refractivity contribution in [3.8, 4) is 22.6 Å². The smallest absolute Gasteiger partial charge is 0.201 e. The molecule has 0 aromatic heterocycles. The maximum Gasteiger partial charge on any atom is 0.201 e. The first-order valence-electron chi connectivity index (χ1n) is 13.2. The van der Waals surface area contributed by atoms with E-state index < -0.39 is 23.3 Å². The van der Waals surface area contributed by atoms with Gasteiger partial charge in [0, 0.05) is 11.1 Å². The maximum atomic E-state index is 14.9. The number of hydrogen-bond donors (Lipinski definition) is 0. The lowest BCUT2D eigenvalue weighted by Crippen LogP contribution is -2.19. The van der Waals surface area contributed by atoms with Crippen LogP contribution in [0.2, 0.25) is 0 Å². The molecule has 6 heteroatoms. The summed E-state index contributed by atoms with van der Waals surface area (Å²) in [7, 11) is 0. The first kappa shape index (κ1) is 25.8. The third kappa shape index (κ3) is 5.46. The highest BCUT2D eigenvalue weighted by molar-refractivity contribution is 5.67. The highest BCUT2D eigenvalue weighted by Gasteiger charge is 2.44. The Hall–Kier alpha value is -2.24. The van der Waals surface area contributed by atoms with Crippen molar-refractivity contribution < 1.29 is 27.0 Å². The van der Waals surface area contributed by atoms with E-state index in [1.165, 1.54) is 69.2 Å². The highest BCUT2D eigenvalue weighted by Crippen LogP contribution is 2.52. The van der Waals surface area contributed by atoms with Crippen LogP contribution in [0.4, 0.5) is 17.6 Å². The van der Waals surface area contributed by atoms with Crippen LogP contribution in [0.3, 0.4) is 0 Å². The van der Waals surface area contributed by atoms with Crippen molar-refractivity contribution in [3.05, 3.63) is 47.5 Å². The summed E-state index contributed by atoms with van der Waals surface area (Å²) >= 11 is 0. The third-order valence-corrected chi connectivity index (χ3v) is 7.98. The van der Waals surface area contributed by atoms with Crippen LogP contribution in [0.1, 0.15) is 71.6 Å². The maximum absolute atomic E-state index is 14.9. The average Bonchev–Trinajstić information content (AvgIpc) is 3.44. The van der Waals surface area contributed by atoms with Crippen LogP contribution in [0, 0.1) is 46.9 Å². The van der Waals surface area contributed by atoms with E-state index in [-0.39, 0.29) is 29.2 Å². The Morgan fingerprint density at radius 1 is 0.657 bits per heavy atom. The minimum Gasteiger partial charge on any atom is -0.490 e. The molecule has 2 saturated carbocycles. The van der Waals surface area contributed by atoms with Gasteiger partial charge in [-0.3, -0.25) is 0 Å². The van der Waals surface area contributed by atoms with E-state index in [1.807, 2.05) is 6.92 Å². The zero-order valence-corrected chi connectivity index (χ0v) is 20.7. The molecule has 0 N–H and O–H groups in total. The molecule has 2 fully saturated rings. The monoisotopic (exact) mass is 492 g/mol. The molecule has 4 unspecified atom stereocenters. The largest absolute Gasteiger partial charge is 0.490 e. The van der Waals surface area contributed by atoms with Crippen molar-refractivity contribution in [2.24, 2.45) is 23.7 Å². The molecule has 2 aromatic rings. The molecule has 4 rings (SSSR count). The summed E-state index contributed by atoms with van der Waals surface area (Å²) in [5.41, 5.74) is -0.701. The molecule has 4 atom stereocenters. The van der Waals surface area contributed by atoms with E-state index in [9.17, 15) is 17.6 Å². The summed E-state index contributed by atoms with van der Waals surface area (Å²) in [5.74, 6) is -2.87. The van der Waals surface area contributed by atoms with Gasteiger partial charge in [-0.2, -0.15) is 8.78 Å². The summed E-state index contributed by atoms with van der Waals surface area (Å²) < 4.78 is 69.7. The Labute approximate surface area is 206 Å². The Kier molecular flexibility index (Phi) is 8.61. The summed E-state index contributed by atoms with van der Waals surface area (Å²) in [6, 6.07) is 4.99. The van der Waals surface area contributed by atoms with Gasteiger partial charge in [0.15, 0.2) is 23.1 Å². The third-order valence-electron chi connectivity index (χ3n) is 7.98. The normalized spacial score (nSPS) is 23.5. The fourth-order valence-corrected chi connectivity index (χ4v) is 6.17. The number of halogens is 4. The Morgan fingerprint density at radius 2 is 1.23 bits per heavy atom. The van der Waals surface area contributed by atoms with E-state index >= 15 is 0 Å². The molecule has 192 valence electrons. The summed E-state index contributed by atoms with van der Waals surface area (Å²) in [4.78, 5) is 0. The molecule has 0 radical (unpaired) electrons. The average molecular weight is 493 g/mol. The van der Waals surface area contributed by atoms with Gasteiger partial charge >= 0.3 is 0 Å². The second-order valence-corrected chi connectivity index (χ2v) is 10.1. The minimum atomic E-state index is -1.27. The van der Waals surface area contributed by atoms with Gasteiger partial charge < -0.3 is 9.47 Å². The zero-order valence-electron chi connectivity index (χ0n) is 20.7. The topological polar surface area (TPSA) is 18.5 Å². The van der Waals surface area contributed by atoms with Crippen molar-refractivity contribution in [3.63, 3.8) is 0 Å². The molecule has 35 heavy (non-hydrogen) atoms. The molecule has 0 spiro atoms. The lowest BCUT2D eigenvalue weighted by molar-refractivity contribution is 0.194. The number of rotatable bonds is 11. The van der Waals surface area contributed by atoms with E-state index in [1.54, 1.807) is 0 Å². The first-order chi connectivity index (χ1) is 17.0. The summed E-state index contributed by atoms with van der Waals surface area (Å²) in [6.45, 7) is 4.65. The van der Waals surface area contributed by atoms with Gasteiger partial charge in [0.25, 0.3) is 0 Å². The Balaban J connectivity index is 1.42. The number of hydrogen-bond acceptors (Lipinski definition) is 2. The summed E-state index contributed by atoms with van der Waals surface area (Å²) in [6.07, 6.45) is 10.4. The van der Waals surface area contributed by atoms with Crippen molar-refractivity contribution in [1.82, 2.24) is 0 Å². The fourth-order valence-electron chi connectivity index (χ4n) is 6.17. The van der Waals surface area contributed by atoms with Gasteiger partial charge in [-0.1, -0.05) is 39.5 Å². The fraction of sp³-hybridized carbons (Fsp3) is 0.586. The molecule has 0 aliphatic heterocycles. The van der Waals surface area contributed by atoms with Crippen molar-refractivity contribution in [1.29, 1.82) is 0 Å². The van der Waals surface area contributed by atoms with Gasteiger partial charge in [-0.05, 0) is 80.0 Å². The Bertz CT molecular complexity index is 1010. The lowest BCUT2D eigenvalue weighted by atomic mass is 9.86. The first-order valence-corrected chi connectivity index (χ1v) is 13.2. The van der Waals surface area contributed by atoms with Gasteiger partial charge in [0.2, 0.25) is 11.6 Å². The second-order valence-electron chi connectivity index (χ2n) is 10.1. The summed E-state index contributed by atoms with van der Waals surface area (Å²) in [5, 5.41) is 0. The SMILES string of the molecule is CCCCCC1CCC2C(COc3ccc(-c4ccc(OCCC)c(F)c4F)c(F)c3F)CCC12. The number of fused-ring (bicyclic) bond motifs is 1. The van der Waals surface area contributed by atoms with Gasteiger partial charge in [-0.25, -0.2) is 8.78 Å². The van der Waals surface area contributed by atoms with Crippen LogP contribution in [0.25, 0.3) is 11.1 Å². The van der Waals surface area contributed by atoms with Crippen molar-refractivity contribution in [2.75, 3.05) is 13.2 Å². The van der Waals surface area contributed by atoms with E-state index in [2.05, 4.69) is 6.92 Å². The number of ether oxygens (including phenoxy) is 2. The second kappa shape index (κ2) is 11.7. The van der Waals surface area contributed by atoms with Crippen LogP contribution in [-0.2, 0) is 0 Å². The van der Waals surface area contributed by atoms with E-state index in [4.69, 9.17) is 9.47 Å². The standard InChI is InChI=1S/C29H36F4O2/c1-3-5-6-7-18-8-10-21-19(9-11-20(18)21)17-35-25-15-13-23(27(31)29(25)33)22-12-14-24(34-16-4-2)28(32)26(22)30/h12-15,18-21H,3-11,16-17H2,1-2H3. The molecule has 2 nitrogen and oxygen atoms in total. The minimum absolute atomic E-state index is 0.184. The molecule has 0 amide bonds. The molecule has 0 bridgehead atoms. The van der Waals surface area contributed by atoms with Gasteiger partial charge in [-0.15, -0.1) is 0 Å². The number of benzene rings is 2. The van der Waals surface area contributed by atoms with Crippen molar-refractivity contribution >= 4 is 0 Å². The molecule has 2 aromatic carbocycles. The molecular formula is C29H36F4O2. The predicted octanol–water partition coefficient (Wildman–Crippen LogP) is 8.71. The predicted molar refractivity (Wildman–Crippen MR) is 130 cm³/mol. The molecule has 0 saturated heterocycles. The quantitative estimate of drug-likeness (QED) is 0.231. The zero-order chi connectivity index (χ0) is 24.9. The number of unbranched alkanes of at least 4 members (excludes halogenated alkanes) is 2. The van der Waals surface area contributed by atoms with E-state index in [0.29, 0.717) is 24.9 Å². The lowest BCUT2D eigenvalue weighted by Gasteiger charge is -2.21.